The molecule has 0 aliphatic carbocycles. The summed E-state index contributed by atoms with van der Waals surface area (Å²) in [5.41, 5.74) is 12.2. The number of benzene rings is 4. The Morgan fingerprint density at radius 3 is 0.985 bits per heavy atom. The van der Waals surface area contributed by atoms with Gasteiger partial charge in [0.2, 0.25) is 0 Å². The molecule has 0 spiro atoms. The topological polar surface area (TPSA) is 186 Å². The molecule has 10 nitrogen and oxygen atoms in total. The molecule has 0 bridgehead atoms. The number of rotatable bonds is 23. The second kappa shape index (κ2) is 31.8. The van der Waals surface area contributed by atoms with E-state index in [1.807, 2.05) is 13.8 Å². The van der Waals surface area contributed by atoms with Crippen molar-refractivity contribution in [2.75, 3.05) is 0 Å². The molecule has 11 heteroatoms. The molecule has 0 saturated carbocycles. The first-order chi connectivity index (χ1) is 31.6. The van der Waals surface area contributed by atoms with Crippen molar-refractivity contribution in [3.63, 3.8) is 0 Å². The Morgan fingerprint density at radius 1 is 0.463 bits per heavy atom. The minimum absolute atomic E-state index is 0. The molecule has 0 aliphatic rings. The number of hydrogen-bond donors (Lipinski definition) is 4. The van der Waals surface area contributed by atoms with Gasteiger partial charge >= 0.3 is 28.4 Å². The first-order valence-electron chi connectivity index (χ1n) is 24.6. The van der Waals surface area contributed by atoms with Crippen LogP contribution in [0.4, 0.5) is 11.4 Å². The van der Waals surface area contributed by atoms with Crippen molar-refractivity contribution in [1.82, 2.24) is 0 Å². The SMILES string of the molecule is CCCCC(=Nc1cc(CCC)cc(CCC)c1)C(CCCC)=Nc1cc(CCC)cc(CCC)c1.CCc1cc(O)c([O-])c(C(=O)O)c1CC.CCc1cc(O)c([O-])c(C(=O)O)c1CC.[Ni+2]. The normalized spacial score (nSPS) is 11.3. The number of unbranched alkanes of at least 4 members (excludes halogenated alkanes) is 2. The van der Waals surface area contributed by atoms with Gasteiger partial charge in [-0.3, -0.25) is 9.98 Å². The van der Waals surface area contributed by atoms with E-state index in [1.165, 1.54) is 84.3 Å². The largest absolute Gasteiger partial charge is 2.00 e. The number of phenols is 2. The minimum Gasteiger partial charge on any atom is -0.869 e. The molecular formula is C56H78N2NiO8. The van der Waals surface area contributed by atoms with Crippen LogP contribution in [0.1, 0.15) is 199 Å². The third-order valence-corrected chi connectivity index (χ3v) is 11.4. The second-order valence-electron chi connectivity index (χ2n) is 16.8. The smallest absolute Gasteiger partial charge is 0.869 e. The fourth-order valence-corrected chi connectivity index (χ4v) is 8.25. The number of aromatic hydroxyl groups is 2. The molecule has 370 valence electrons. The predicted octanol–water partition coefficient (Wildman–Crippen LogP) is 13.3. The molecule has 0 atom stereocenters. The number of carboxylic acids is 2. The summed E-state index contributed by atoms with van der Waals surface area (Å²) in [5, 5.41) is 59.3. The average molecular weight is 966 g/mol. The van der Waals surface area contributed by atoms with Gasteiger partial charge in [0.05, 0.1) is 33.9 Å². The van der Waals surface area contributed by atoms with Gasteiger partial charge in [0.25, 0.3) is 0 Å². The average Bonchev–Trinajstić information content (AvgIpc) is 3.28. The van der Waals surface area contributed by atoms with Crippen LogP contribution in [0.2, 0.25) is 0 Å². The number of aryl methyl sites for hydroxylation is 6. The van der Waals surface area contributed by atoms with Gasteiger partial charge in [0, 0.05) is 0 Å². The number of carboxylic acid groups (broad SMARTS) is 2. The summed E-state index contributed by atoms with van der Waals surface area (Å²) >= 11 is 0. The zero-order valence-corrected chi connectivity index (χ0v) is 43.0. The zero-order chi connectivity index (χ0) is 49.3. The second-order valence-corrected chi connectivity index (χ2v) is 16.8. The monoisotopic (exact) mass is 965 g/mol. The molecule has 0 radical (unpaired) electrons. The van der Waals surface area contributed by atoms with Gasteiger partial charge in [0.1, 0.15) is 11.5 Å². The third-order valence-electron chi connectivity index (χ3n) is 11.4. The van der Waals surface area contributed by atoms with E-state index in [2.05, 4.69) is 77.9 Å². The molecule has 0 heterocycles. The third kappa shape index (κ3) is 18.5. The van der Waals surface area contributed by atoms with Crippen LogP contribution in [0.3, 0.4) is 0 Å². The molecule has 0 unspecified atom stereocenters. The molecule has 0 saturated heterocycles. The van der Waals surface area contributed by atoms with E-state index in [1.54, 1.807) is 13.8 Å². The molecule has 4 rings (SSSR count). The quantitative estimate of drug-likeness (QED) is 0.0418. The molecule has 0 amide bonds. The van der Waals surface area contributed by atoms with E-state index >= 15 is 0 Å². The Kier molecular flexibility index (Phi) is 28.4. The van der Waals surface area contributed by atoms with E-state index in [-0.39, 0.29) is 27.6 Å². The molecule has 4 aromatic carbocycles. The summed E-state index contributed by atoms with van der Waals surface area (Å²) in [7, 11) is 0. The van der Waals surface area contributed by atoms with Crippen LogP contribution in [0, 0.1) is 0 Å². The number of carbonyl (C=O) groups is 2. The maximum atomic E-state index is 11.4. The number of aliphatic imine (C=N–C) groups is 2. The van der Waals surface area contributed by atoms with E-state index in [4.69, 9.17) is 20.2 Å². The number of hydrogen-bond acceptors (Lipinski definition) is 8. The zero-order valence-electron chi connectivity index (χ0n) is 42.0. The minimum atomic E-state index is -1.28. The summed E-state index contributed by atoms with van der Waals surface area (Å²) in [6.45, 7) is 20.9. The first kappa shape index (κ1) is 59.9. The first-order valence-corrected chi connectivity index (χ1v) is 24.6. The van der Waals surface area contributed by atoms with Gasteiger partial charge in [-0.1, -0.05) is 131 Å². The van der Waals surface area contributed by atoms with E-state index in [9.17, 15) is 30.0 Å². The maximum absolute atomic E-state index is 11.4. The molecule has 0 aromatic heterocycles. The Bertz CT molecular complexity index is 2040. The number of aromatic carboxylic acids is 2. The van der Waals surface area contributed by atoms with Crippen LogP contribution < -0.4 is 10.2 Å². The number of nitrogens with zero attached hydrogens (tertiary/aromatic N) is 2. The van der Waals surface area contributed by atoms with Crippen molar-refractivity contribution < 1.29 is 56.7 Å². The molecule has 4 N–H and O–H groups in total. The fourth-order valence-electron chi connectivity index (χ4n) is 8.25. The molecule has 0 aliphatic heterocycles. The summed E-state index contributed by atoms with van der Waals surface area (Å²) in [5.74, 6) is -5.11. The summed E-state index contributed by atoms with van der Waals surface area (Å²) in [6.07, 6.45) is 17.9. The molecule has 0 fully saturated rings. The standard InChI is InChI=1S/C34H52N2.2C11H14O4.Ni/c1-7-13-19-33(35-31-23-27(15-9-3)21-28(24-31)16-10-4)34(20-14-8-2)36-32-25-29(17-11-5)22-30(26-32)18-12-6;2*1-3-6-5-8(12)10(13)9(11(14)15)7(6)4-2;/h21-26H,7-20H2,1-6H3;2*5,12-13H,3-4H2,1-2H3,(H,14,15);/q;;;+2/p-2. The van der Waals surface area contributed by atoms with Crippen molar-refractivity contribution >= 4 is 34.7 Å². The van der Waals surface area contributed by atoms with Crippen LogP contribution >= 0.6 is 0 Å². The van der Waals surface area contributed by atoms with E-state index in [0.29, 0.717) is 47.9 Å². The summed E-state index contributed by atoms with van der Waals surface area (Å²) in [6, 6.07) is 16.7. The van der Waals surface area contributed by atoms with Gasteiger partial charge in [0.15, 0.2) is 0 Å². The molecule has 4 aromatic rings. The maximum Gasteiger partial charge on any atom is 2.00 e. The van der Waals surface area contributed by atoms with Crippen LogP contribution in [-0.2, 0) is 67.9 Å². The number of phenolic OH excluding ortho intramolecular Hbond substituents is 2. The molecule has 67 heavy (non-hydrogen) atoms. The fraction of sp³-hybridized carbons (Fsp3) is 0.500. The predicted molar refractivity (Wildman–Crippen MR) is 269 cm³/mol. The van der Waals surface area contributed by atoms with Crippen LogP contribution in [0.5, 0.6) is 23.0 Å². The summed E-state index contributed by atoms with van der Waals surface area (Å²) in [4.78, 5) is 32.5. The van der Waals surface area contributed by atoms with Gasteiger partial charge < -0.3 is 30.6 Å². The van der Waals surface area contributed by atoms with Crippen molar-refractivity contribution in [2.45, 2.75) is 185 Å². The van der Waals surface area contributed by atoms with E-state index in [0.717, 1.165) is 62.7 Å². The van der Waals surface area contributed by atoms with Crippen LogP contribution in [0.25, 0.3) is 0 Å². The van der Waals surface area contributed by atoms with E-state index < -0.39 is 34.9 Å². The summed E-state index contributed by atoms with van der Waals surface area (Å²) < 4.78 is 0. The Hall–Kier alpha value is -5.15. The van der Waals surface area contributed by atoms with Gasteiger partial charge in [-0.25, -0.2) is 9.59 Å². The van der Waals surface area contributed by atoms with Gasteiger partial charge in [-0.2, -0.15) is 0 Å². The Morgan fingerprint density at radius 2 is 0.761 bits per heavy atom. The van der Waals surface area contributed by atoms with Crippen molar-refractivity contribution in [3.05, 3.63) is 104 Å². The van der Waals surface area contributed by atoms with Crippen molar-refractivity contribution in [3.8, 4) is 23.0 Å². The van der Waals surface area contributed by atoms with Crippen LogP contribution in [0.15, 0.2) is 58.5 Å². The van der Waals surface area contributed by atoms with Crippen molar-refractivity contribution in [2.24, 2.45) is 9.98 Å². The Labute approximate surface area is 411 Å². The van der Waals surface area contributed by atoms with Crippen molar-refractivity contribution in [1.29, 1.82) is 0 Å². The van der Waals surface area contributed by atoms with Gasteiger partial charge in [-0.05, 0) is 158 Å². The molecular weight excluding hydrogens is 887 g/mol. The van der Waals surface area contributed by atoms with Gasteiger partial charge in [-0.15, -0.1) is 0 Å². The Balaban J connectivity index is 0.000000593. The van der Waals surface area contributed by atoms with Crippen LogP contribution in [-0.4, -0.2) is 43.8 Å².